The van der Waals surface area contributed by atoms with E-state index in [4.69, 9.17) is 42.1 Å². The van der Waals surface area contributed by atoms with E-state index >= 15 is 0 Å². The summed E-state index contributed by atoms with van der Waals surface area (Å²) in [6, 6.07) is 9.00. The quantitative estimate of drug-likeness (QED) is 0.209. The SMILES string of the molecule is CCN(CC)CCCN1C(=O)c2cc(Cl)ccc2OC1OC(=O)C(=O)OC1Oc2ccc(Cl)cc2C(=O)N1CCCN(CC)CC. The van der Waals surface area contributed by atoms with Crippen LogP contribution in [0.4, 0.5) is 0 Å². The Balaban J connectivity index is 1.49. The fourth-order valence-corrected chi connectivity index (χ4v) is 5.61. The van der Waals surface area contributed by atoms with Gasteiger partial charge in [0.15, 0.2) is 0 Å². The molecule has 0 N–H and O–H groups in total. The Morgan fingerprint density at radius 2 is 1.07 bits per heavy atom. The number of ether oxygens (including phenoxy) is 4. The van der Waals surface area contributed by atoms with Gasteiger partial charge < -0.3 is 28.7 Å². The number of nitrogens with zero attached hydrogens (tertiary/aromatic N) is 4. The van der Waals surface area contributed by atoms with Crippen molar-refractivity contribution in [3.8, 4) is 11.5 Å². The van der Waals surface area contributed by atoms with E-state index in [-0.39, 0.29) is 35.7 Å². The molecular formula is C32H40Cl2N4O8. The molecule has 2 aromatic rings. The van der Waals surface area contributed by atoms with Crippen LogP contribution >= 0.6 is 23.2 Å². The minimum Gasteiger partial charge on any atom is -0.436 e. The van der Waals surface area contributed by atoms with Crippen LogP contribution in [-0.2, 0) is 19.1 Å². The Bertz CT molecular complexity index is 1310. The van der Waals surface area contributed by atoms with Crippen molar-refractivity contribution >= 4 is 47.0 Å². The smallest absolute Gasteiger partial charge is 0.422 e. The highest BCUT2D eigenvalue weighted by atomic mass is 35.5. The van der Waals surface area contributed by atoms with Gasteiger partial charge in [-0.2, -0.15) is 0 Å². The number of hydrogen-bond donors (Lipinski definition) is 0. The van der Waals surface area contributed by atoms with E-state index < -0.39 is 36.6 Å². The van der Waals surface area contributed by atoms with E-state index in [2.05, 4.69) is 9.80 Å². The van der Waals surface area contributed by atoms with Gasteiger partial charge in [0, 0.05) is 23.1 Å². The van der Waals surface area contributed by atoms with Gasteiger partial charge in [0.25, 0.3) is 11.8 Å². The topological polar surface area (TPSA) is 118 Å². The molecule has 2 heterocycles. The molecule has 2 aliphatic heterocycles. The standard InChI is InChI=1S/C32H40Cl2N4O8/c1-5-35(6-2)15-9-17-37-27(39)23-19-21(33)11-13-25(23)43-31(37)45-29(41)30(42)46-32-38(18-10-16-36(7-3)8-4)28(40)24-20-22(34)12-14-26(24)44-32/h11-14,19-20,31-32H,5-10,15-18H2,1-4H3. The van der Waals surface area contributed by atoms with Crippen LogP contribution in [0.2, 0.25) is 10.0 Å². The predicted octanol–water partition coefficient (Wildman–Crippen LogP) is 4.48. The molecule has 14 heteroatoms. The first-order valence-electron chi connectivity index (χ1n) is 15.5. The van der Waals surface area contributed by atoms with Crippen LogP contribution in [0.1, 0.15) is 61.3 Å². The molecule has 0 spiro atoms. The Kier molecular flexibility index (Phi) is 12.5. The number of halogens is 2. The number of hydrogen-bond acceptors (Lipinski definition) is 10. The zero-order valence-electron chi connectivity index (χ0n) is 26.5. The summed E-state index contributed by atoms with van der Waals surface area (Å²) in [5.74, 6) is -3.49. The van der Waals surface area contributed by atoms with Crippen LogP contribution in [0.25, 0.3) is 0 Å². The number of fused-ring (bicyclic) bond motifs is 2. The van der Waals surface area contributed by atoms with Crippen LogP contribution in [0.3, 0.4) is 0 Å². The van der Waals surface area contributed by atoms with E-state index in [0.717, 1.165) is 26.2 Å². The molecule has 46 heavy (non-hydrogen) atoms. The first-order chi connectivity index (χ1) is 22.1. The van der Waals surface area contributed by atoms with E-state index in [9.17, 15) is 19.2 Å². The first kappa shape index (κ1) is 35.3. The molecule has 2 atom stereocenters. The van der Waals surface area contributed by atoms with Gasteiger partial charge in [-0.3, -0.25) is 19.4 Å². The van der Waals surface area contributed by atoms with E-state index in [1.165, 1.54) is 46.2 Å². The Morgan fingerprint density at radius 1 is 0.696 bits per heavy atom. The summed E-state index contributed by atoms with van der Waals surface area (Å²) in [5, 5.41) is 0.677. The van der Waals surface area contributed by atoms with Crippen molar-refractivity contribution in [2.24, 2.45) is 0 Å². The van der Waals surface area contributed by atoms with Gasteiger partial charge >= 0.3 is 24.8 Å². The van der Waals surface area contributed by atoms with Crippen molar-refractivity contribution in [1.29, 1.82) is 0 Å². The highest BCUT2D eigenvalue weighted by molar-refractivity contribution is 6.31. The number of carbonyl (C=O) groups excluding carboxylic acids is 4. The maximum Gasteiger partial charge on any atom is 0.422 e. The molecule has 0 fully saturated rings. The third kappa shape index (κ3) is 8.41. The van der Waals surface area contributed by atoms with Gasteiger partial charge in [-0.15, -0.1) is 0 Å². The summed E-state index contributed by atoms with van der Waals surface area (Å²) in [7, 11) is 0. The predicted molar refractivity (Wildman–Crippen MR) is 171 cm³/mol. The van der Waals surface area contributed by atoms with Crippen LogP contribution in [0, 0.1) is 0 Å². The minimum absolute atomic E-state index is 0.149. The molecule has 0 saturated carbocycles. The Morgan fingerprint density at radius 3 is 1.41 bits per heavy atom. The van der Waals surface area contributed by atoms with Gasteiger partial charge in [-0.1, -0.05) is 50.9 Å². The van der Waals surface area contributed by atoms with Gasteiger partial charge in [0.05, 0.1) is 11.1 Å². The molecule has 4 rings (SSSR count). The van der Waals surface area contributed by atoms with Crippen molar-refractivity contribution in [3.05, 3.63) is 57.6 Å². The fraction of sp³-hybridized carbons (Fsp3) is 0.500. The lowest BCUT2D eigenvalue weighted by Crippen LogP contribution is -2.53. The van der Waals surface area contributed by atoms with Crippen LogP contribution in [0.15, 0.2) is 36.4 Å². The molecule has 2 aliphatic rings. The number of rotatable bonds is 14. The zero-order valence-corrected chi connectivity index (χ0v) is 28.0. The largest absolute Gasteiger partial charge is 0.436 e. The van der Waals surface area contributed by atoms with Crippen molar-refractivity contribution in [2.75, 3.05) is 52.4 Å². The summed E-state index contributed by atoms with van der Waals surface area (Å²) in [4.78, 5) is 60.0. The summed E-state index contributed by atoms with van der Waals surface area (Å²) in [5.41, 5.74) is 0.414. The molecule has 12 nitrogen and oxygen atoms in total. The maximum absolute atomic E-state index is 13.5. The van der Waals surface area contributed by atoms with Crippen molar-refractivity contribution in [2.45, 2.75) is 53.4 Å². The molecule has 0 aliphatic carbocycles. The monoisotopic (exact) mass is 678 g/mol. The third-order valence-corrected chi connectivity index (χ3v) is 8.42. The number of carbonyl (C=O) groups is 4. The minimum atomic E-state index is -1.54. The lowest BCUT2D eigenvalue weighted by molar-refractivity contribution is -0.212. The van der Waals surface area contributed by atoms with Crippen molar-refractivity contribution < 1.29 is 38.1 Å². The van der Waals surface area contributed by atoms with Crippen LogP contribution < -0.4 is 9.47 Å². The molecule has 2 unspecified atom stereocenters. The molecule has 0 saturated heterocycles. The molecule has 250 valence electrons. The molecule has 2 aromatic carbocycles. The van der Waals surface area contributed by atoms with Gasteiger partial charge in [-0.05, 0) is 88.5 Å². The first-order valence-corrected chi connectivity index (χ1v) is 16.3. The number of esters is 2. The number of amides is 2. The maximum atomic E-state index is 13.5. The average Bonchev–Trinajstić information content (AvgIpc) is 3.04. The van der Waals surface area contributed by atoms with E-state index in [0.29, 0.717) is 36.0 Å². The second kappa shape index (κ2) is 16.3. The summed E-state index contributed by atoms with van der Waals surface area (Å²) < 4.78 is 22.5. The molecule has 0 bridgehead atoms. The Hall–Kier alpha value is -3.58. The van der Waals surface area contributed by atoms with Crippen molar-refractivity contribution in [1.82, 2.24) is 19.6 Å². The fourth-order valence-electron chi connectivity index (χ4n) is 5.27. The molecule has 2 amide bonds. The van der Waals surface area contributed by atoms with Crippen LogP contribution in [0.5, 0.6) is 11.5 Å². The highest BCUT2D eigenvalue weighted by Gasteiger charge is 2.41. The van der Waals surface area contributed by atoms with E-state index in [1.807, 2.05) is 27.7 Å². The third-order valence-electron chi connectivity index (χ3n) is 7.95. The summed E-state index contributed by atoms with van der Waals surface area (Å²) >= 11 is 12.2. The molecule has 0 aromatic heterocycles. The van der Waals surface area contributed by atoms with E-state index in [1.54, 1.807) is 0 Å². The second-order valence-corrected chi connectivity index (χ2v) is 11.6. The van der Waals surface area contributed by atoms with Crippen LogP contribution in [-0.4, -0.2) is 109 Å². The molecule has 0 radical (unpaired) electrons. The van der Waals surface area contributed by atoms with Gasteiger partial charge in [-0.25, -0.2) is 9.59 Å². The normalized spacial score (nSPS) is 17.4. The summed E-state index contributed by atoms with van der Waals surface area (Å²) in [6.45, 7) is 13.2. The lowest BCUT2D eigenvalue weighted by atomic mass is 10.1. The number of benzene rings is 2. The Labute approximate surface area is 279 Å². The zero-order chi connectivity index (χ0) is 33.4. The summed E-state index contributed by atoms with van der Waals surface area (Å²) in [6.07, 6.45) is -1.98. The second-order valence-electron chi connectivity index (χ2n) is 10.7. The average molecular weight is 680 g/mol. The van der Waals surface area contributed by atoms with Crippen molar-refractivity contribution in [3.63, 3.8) is 0 Å². The van der Waals surface area contributed by atoms with Gasteiger partial charge in [0.2, 0.25) is 0 Å². The molecular weight excluding hydrogens is 639 g/mol. The lowest BCUT2D eigenvalue weighted by Gasteiger charge is -2.36. The van der Waals surface area contributed by atoms with Gasteiger partial charge in [0.1, 0.15) is 11.5 Å². The highest BCUT2D eigenvalue weighted by Crippen LogP contribution is 2.33.